The Morgan fingerprint density at radius 1 is 0.657 bits per heavy atom. The standard InChI is InChI=1S/C68H79NO/c1-4-20-44(21-5-1)45-38-40-52-53-41-39-48(43-60(53)68(59(52)42-45)57-32-15-10-26-49(57)50-27-11-16-33-58(50)68)69(61-34-19-37-64-65(61)55-29-13-17-36-63(55)70-64)62-35-18-30-54-51-28-12-14-31-56(51)67(66(54)62,46-22-6-2-7-23-46)47-24-8-3-9-25-47/h4,6,10,13-14,18-20,22-23,26,29-31,35,37,39,41-42,44,47-50,52,57-59,61-62,66H,1-3,5,7-9,11-12,15-17,21,24-25,27-28,32-34,36,38,40,43H2. The van der Waals surface area contributed by atoms with Gasteiger partial charge in [0, 0.05) is 52.4 Å². The Hall–Kier alpha value is -4.14. The van der Waals surface area contributed by atoms with Crippen molar-refractivity contribution in [2.75, 3.05) is 0 Å². The predicted octanol–water partition coefficient (Wildman–Crippen LogP) is 17.3. The summed E-state index contributed by atoms with van der Waals surface area (Å²) in [5.74, 6) is 8.56. The lowest BCUT2D eigenvalue weighted by Crippen LogP contribution is -2.55. The van der Waals surface area contributed by atoms with Crippen LogP contribution in [0.5, 0.6) is 0 Å². The minimum Gasteiger partial charge on any atom is -0.461 e. The average molecular weight is 926 g/mol. The number of hydrogen-bond donors (Lipinski definition) is 0. The molecule has 2 nitrogen and oxygen atoms in total. The lowest BCUT2D eigenvalue weighted by atomic mass is 9.53. The molecule has 14 aliphatic carbocycles. The molecular formula is C68H79NO. The van der Waals surface area contributed by atoms with Gasteiger partial charge in [-0.3, -0.25) is 4.90 Å². The first-order valence-corrected chi connectivity index (χ1v) is 29.6. The highest BCUT2D eigenvalue weighted by atomic mass is 16.3. The maximum Gasteiger partial charge on any atom is 0.132 e. The Morgan fingerprint density at radius 2 is 1.54 bits per heavy atom. The van der Waals surface area contributed by atoms with Crippen molar-refractivity contribution in [2.45, 2.75) is 172 Å². The van der Waals surface area contributed by atoms with Gasteiger partial charge in [-0.2, -0.15) is 0 Å². The topological polar surface area (TPSA) is 16.4 Å². The summed E-state index contributed by atoms with van der Waals surface area (Å²) >= 11 is 0. The van der Waals surface area contributed by atoms with E-state index in [-0.39, 0.29) is 22.9 Å². The molecule has 362 valence electrons. The molecule has 13 unspecified atom stereocenters. The zero-order valence-corrected chi connectivity index (χ0v) is 42.2. The van der Waals surface area contributed by atoms with Crippen LogP contribution in [0.4, 0.5) is 0 Å². The molecule has 0 aliphatic heterocycles. The van der Waals surface area contributed by atoms with Gasteiger partial charge in [-0.1, -0.05) is 153 Å². The molecule has 0 bridgehead atoms. The SMILES string of the molecule is C1=CC(N(C2C=CC3=C(C2)C2(C4C=C(C5C=CCCC5)CCC34)C3CCC=CC3C3CCCCC32)C2CC=Cc3oc4c(c32)C=CCC4)C2C(=C1)C1=C(C=CCC1)C2(C1=CCCC=C1)C1CCCCC1. The van der Waals surface area contributed by atoms with Crippen LogP contribution in [0.3, 0.4) is 0 Å². The van der Waals surface area contributed by atoms with E-state index in [0.717, 1.165) is 48.7 Å². The van der Waals surface area contributed by atoms with E-state index in [1.165, 1.54) is 152 Å². The monoisotopic (exact) mass is 926 g/mol. The summed E-state index contributed by atoms with van der Waals surface area (Å²) < 4.78 is 6.99. The van der Waals surface area contributed by atoms with Gasteiger partial charge < -0.3 is 4.42 Å². The van der Waals surface area contributed by atoms with Crippen LogP contribution in [-0.2, 0) is 6.42 Å². The number of furan rings is 1. The van der Waals surface area contributed by atoms with E-state index in [9.17, 15) is 0 Å². The van der Waals surface area contributed by atoms with Gasteiger partial charge in [0.1, 0.15) is 11.5 Å². The van der Waals surface area contributed by atoms with Crippen molar-refractivity contribution in [3.63, 3.8) is 0 Å². The highest BCUT2D eigenvalue weighted by Crippen LogP contribution is 2.75. The Labute approximate surface area is 420 Å². The molecule has 3 saturated carbocycles. The molecule has 0 aromatic carbocycles. The molecule has 3 fully saturated rings. The van der Waals surface area contributed by atoms with E-state index in [1.807, 2.05) is 16.7 Å². The van der Waals surface area contributed by atoms with E-state index in [2.05, 4.69) is 120 Å². The second kappa shape index (κ2) is 17.2. The van der Waals surface area contributed by atoms with Crippen molar-refractivity contribution in [2.24, 2.45) is 64.1 Å². The van der Waals surface area contributed by atoms with Crippen molar-refractivity contribution in [1.82, 2.24) is 4.90 Å². The number of nitrogens with zero attached hydrogens (tertiary/aromatic N) is 1. The molecule has 1 aromatic rings. The van der Waals surface area contributed by atoms with Gasteiger partial charge in [-0.25, -0.2) is 0 Å². The number of rotatable bonds is 6. The first-order valence-electron chi connectivity index (χ1n) is 29.6. The van der Waals surface area contributed by atoms with Gasteiger partial charge in [0.15, 0.2) is 0 Å². The van der Waals surface area contributed by atoms with E-state index in [1.54, 1.807) is 22.3 Å². The quantitative estimate of drug-likeness (QED) is 0.264. The van der Waals surface area contributed by atoms with Crippen molar-refractivity contribution < 1.29 is 4.42 Å². The maximum absolute atomic E-state index is 6.99. The van der Waals surface area contributed by atoms with Gasteiger partial charge in [0.05, 0.1) is 0 Å². The molecule has 0 radical (unpaired) electrons. The third-order valence-corrected chi connectivity index (χ3v) is 22.4. The molecule has 1 spiro atoms. The normalized spacial score (nSPS) is 40.9. The summed E-state index contributed by atoms with van der Waals surface area (Å²) in [5, 5.41) is 0. The third-order valence-electron chi connectivity index (χ3n) is 22.4. The lowest BCUT2D eigenvalue weighted by Gasteiger charge is -2.55. The largest absolute Gasteiger partial charge is 0.461 e. The Morgan fingerprint density at radius 3 is 2.46 bits per heavy atom. The molecule has 13 atom stereocenters. The molecule has 15 rings (SSSR count). The summed E-state index contributed by atoms with van der Waals surface area (Å²) in [5.41, 5.74) is 15.5. The minimum atomic E-state index is -0.0182. The van der Waals surface area contributed by atoms with Crippen molar-refractivity contribution in [1.29, 1.82) is 0 Å². The third kappa shape index (κ3) is 6.19. The fraction of sp³-hybridized carbons (Fsp3) is 0.559. The summed E-state index contributed by atoms with van der Waals surface area (Å²) in [6.45, 7) is 0. The fourth-order valence-electron chi connectivity index (χ4n) is 20.3. The van der Waals surface area contributed by atoms with E-state index in [4.69, 9.17) is 4.42 Å². The summed E-state index contributed by atoms with van der Waals surface area (Å²) in [7, 11) is 0. The van der Waals surface area contributed by atoms with Crippen LogP contribution in [-0.4, -0.2) is 17.0 Å². The predicted molar refractivity (Wildman–Crippen MR) is 288 cm³/mol. The van der Waals surface area contributed by atoms with Crippen LogP contribution in [0.15, 0.2) is 147 Å². The van der Waals surface area contributed by atoms with Gasteiger partial charge in [0.2, 0.25) is 0 Å². The van der Waals surface area contributed by atoms with Crippen LogP contribution < -0.4 is 0 Å². The van der Waals surface area contributed by atoms with Crippen LogP contribution in [0.25, 0.3) is 12.2 Å². The Bertz CT molecular complexity index is 2730. The zero-order valence-electron chi connectivity index (χ0n) is 42.2. The Balaban J connectivity index is 0.921. The molecule has 1 aromatic heterocycles. The highest BCUT2D eigenvalue weighted by Gasteiger charge is 2.69. The smallest absolute Gasteiger partial charge is 0.132 e. The molecule has 0 saturated heterocycles. The number of fused-ring (bicyclic) bond motifs is 14. The van der Waals surface area contributed by atoms with Gasteiger partial charge in [-0.15, -0.1) is 0 Å². The van der Waals surface area contributed by atoms with Crippen LogP contribution in [0.1, 0.15) is 176 Å². The van der Waals surface area contributed by atoms with Crippen LogP contribution in [0, 0.1) is 64.1 Å². The Kier molecular flexibility index (Phi) is 10.7. The van der Waals surface area contributed by atoms with Crippen molar-refractivity contribution >= 4 is 12.2 Å². The van der Waals surface area contributed by atoms with Crippen molar-refractivity contribution in [3.8, 4) is 0 Å². The van der Waals surface area contributed by atoms with Gasteiger partial charge in [-0.05, 0) is 197 Å². The van der Waals surface area contributed by atoms with Crippen LogP contribution in [0.2, 0.25) is 0 Å². The lowest BCUT2D eigenvalue weighted by molar-refractivity contribution is 0.0350. The number of hydrogen-bond acceptors (Lipinski definition) is 2. The average Bonchev–Trinajstić information content (AvgIpc) is 4.15. The summed E-state index contributed by atoms with van der Waals surface area (Å²) in [6, 6.07) is 0.817. The second-order valence-electron chi connectivity index (χ2n) is 25.0. The molecule has 70 heavy (non-hydrogen) atoms. The van der Waals surface area contributed by atoms with Gasteiger partial charge in [0.25, 0.3) is 0 Å². The van der Waals surface area contributed by atoms with Crippen LogP contribution >= 0.6 is 0 Å². The first kappa shape index (κ1) is 43.4. The van der Waals surface area contributed by atoms with E-state index >= 15 is 0 Å². The molecular weight excluding hydrogens is 847 g/mol. The van der Waals surface area contributed by atoms with Crippen molar-refractivity contribution in [3.05, 3.63) is 165 Å². The first-order chi connectivity index (χ1) is 34.7. The van der Waals surface area contributed by atoms with E-state index in [0.29, 0.717) is 35.6 Å². The maximum atomic E-state index is 6.99. The molecule has 1 heterocycles. The molecule has 14 aliphatic rings. The summed E-state index contributed by atoms with van der Waals surface area (Å²) in [4.78, 5) is 3.23. The number of aryl methyl sites for hydroxylation is 1. The minimum absolute atomic E-state index is 0.0182. The zero-order chi connectivity index (χ0) is 46.0. The highest BCUT2D eigenvalue weighted by molar-refractivity contribution is 5.68. The molecule has 0 N–H and O–H groups in total. The molecule has 0 amide bonds. The number of allylic oxidation sites excluding steroid dienone is 19. The molecule has 2 heteroatoms. The second-order valence-corrected chi connectivity index (χ2v) is 25.0. The van der Waals surface area contributed by atoms with Gasteiger partial charge >= 0.3 is 0 Å². The summed E-state index contributed by atoms with van der Waals surface area (Å²) in [6.07, 6.45) is 81.2. The fourth-order valence-corrected chi connectivity index (χ4v) is 20.3. The van der Waals surface area contributed by atoms with E-state index < -0.39 is 0 Å².